The fourth-order valence-electron chi connectivity index (χ4n) is 2.15. The third-order valence-electron chi connectivity index (χ3n) is 3.53. The molecule has 1 aromatic rings. The first-order valence-corrected chi connectivity index (χ1v) is 8.47. The first kappa shape index (κ1) is 19.5. The summed E-state index contributed by atoms with van der Waals surface area (Å²) in [6, 6.07) is 6.74. The van der Waals surface area contributed by atoms with Gasteiger partial charge >= 0.3 is 0 Å². The molecule has 128 valence electrons. The Morgan fingerprint density at radius 3 is 2.52 bits per heavy atom. The summed E-state index contributed by atoms with van der Waals surface area (Å²) in [5.41, 5.74) is 6.21. The lowest BCUT2D eigenvalue weighted by Gasteiger charge is -2.16. The van der Waals surface area contributed by atoms with Crippen molar-refractivity contribution in [2.75, 3.05) is 13.1 Å². The number of hydrogen-bond acceptors (Lipinski definition) is 3. The van der Waals surface area contributed by atoms with E-state index in [0.29, 0.717) is 36.5 Å². The molecule has 0 spiro atoms. The van der Waals surface area contributed by atoms with Gasteiger partial charge in [-0.05, 0) is 37.1 Å². The molecule has 0 saturated heterocycles. The highest BCUT2D eigenvalue weighted by atomic mass is 35.5. The Labute approximate surface area is 143 Å². The van der Waals surface area contributed by atoms with E-state index in [1.807, 2.05) is 0 Å². The molecule has 0 fully saturated rings. The minimum atomic E-state index is -0.162. The Morgan fingerprint density at radius 1 is 1.22 bits per heavy atom. The van der Waals surface area contributed by atoms with Crippen molar-refractivity contribution in [3.8, 4) is 0 Å². The van der Waals surface area contributed by atoms with Gasteiger partial charge < -0.3 is 16.4 Å². The molecule has 0 aromatic heterocycles. The van der Waals surface area contributed by atoms with Crippen LogP contribution in [-0.2, 0) is 4.79 Å². The van der Waals surface area contributed by atoms with Crippen LogP contribution >= 0.6 is 11.6 Å². The van der Waals surface area contributed by atoms with Gasteiger partial charge in [0.1, 0.15) is 0 Å². The highest BCUT2D eigenvalue weighted by Crippen LogP contribution is 2.09. The molecule has 0 aliphatic carbocycles. The maximum atomic E-state index is 11.9. The second-order valence-electron chi connectivity index (χ2n) is 5.51. The minimum absolute atomic E-state index is 0.0164. The number of carbonyl (C=O) groups is 2. The van der Waals surface area contributed by atoms with Crippen LogP contribution in [0.15, 0.2) is 24.3 Å². The van der Waals surface area contributed by atoms with Gasteiger partial charge in [-0.25, -0.2) is 0 Å². The van der Waals surface area contributed by atoms with Gasteiger partial charge in [0.15, 0.2) is 0 Å². The van der Waals surface area contributed by atoms with Crippen molar-refractivity contribution in [3.05, 3.63) is 34.9 Å². The van der Waals surface area contributed by atoms with Gasteiger partial charge in [-0.2, -0.15) is 0 Å². The normalized spacial score (nSPS) is 11.8. The summed E-state index contributed by atoms with van der Waals surface area (Å²) >= 11 is 5.78. The maximum absolute atomic E-state index is 11.9. The molecule has 0 aliphatic heterocycles. The number of amides is 2. The van der Waals surface area contributed by atoms with Crippen molar-refractivity contribution in [2.24, 2.45) is 5.73 Å². The highest BCUT2D eigenvalue weighted by molar-refractivity contribution is 6.30. The van der Waals surface area contributed by atoms with Crippen LogP contribution < -0.4 is 16.4 Å². The van der Waals surface area contributed by atoms with Crippen LogP contribution in [-0.4, -0.2) is 30.9 Å². The molecule has 1 unspecified atom stereocenters. The average molecular weight is 340 g/mol. The van der Waals surface area contributed by atoms with E-state index in [2.05, 4.69) is 17.6 Å². The largest absolute Gasteiger partial charge is 0.352 e. The number of carbonyl (C=O) groups excluding carboxylic acids is 2. The molecule has 1 aromatic carbocycles. The lowest BCUT2D eigenvalue weighted by Crippen LogP contribution is -2.40. The third kappa shape index (κ3) is 8.00. The standard InChI is InChI=1S/C17H26ClN3O2/c1-2-3-5-15(12-19)21-16(22)6-4-11-20-17(23)13-7-9-14(18)10-8-13/h7-10,15H,2-6,11-12,19H2,1H3,(H,20,23)(H,21,22). The second kappa shape index (κ2) is 11.0. The average Bonchev–Trinajstić information content (AvgIpc) is 2.55. The monoisotopic (exact) mass is 339 g/mol. The van der Waals surface area contributed by atoms with E-state index in [1.165, 1.54) is 0 Å². The molecule has 0 saturated carbocycles. The van der Waals surface area contributed by atoms with E-state index in [0.717, 1.165) is 19.3 Å². The third-order valence-corrected chi connectivity index (χ3v) is 3.78. The Hall–Kier alpha value is -1.59. The number of halogens is 1. The summed E-state index contributed by atoms with van der Waals surface area (Å²) in [5.74, 6) is -0.179. The predicted molar refractivity (Wildman–Crippen MR) is 93.5 cm³/mol. The Balaban J connectivity index is 2.21. The minimum Gasteiger partial charge on any atom is -0.352 e. The number of hydrogen-bond donors (Lipinski definition) is 3. The van der Waals surface area contributed by atoms with Gasteiger partial charge in [0.25, 0.3) is 5.91 Å². The molecule has 0 bridgehead atoms. The first-order chi connectivity index (χ1) is 11.1. The zero-order valence-electron chi connectivity index (χ0n) is 13.6. The van der Waals surface area contributed by atoms with Crippen LogP contribution in [0, 0.1) is 0 Å². The molecular formula is C17H26ClN3O2. The van der Waals surface area contributed by atoms with Crippen molar-refractivity contribution in [3.63, 3.8) is 0 Å². The number of unbranched alkanes of at least 4 members (excludes halogenated alkanes) is 1. The van der Waals surface area contributed by atoms with Crippen LogP contribution in [0.4, 0.5) is 0 Å². The molecule has 0 heterocycles. The molecule has 1 atom stereocenters. The predicted octanol–water partition coefficient (Wildman–Crippen LogP) is 2.48. The smallest absolute Gasteiger partial charge is 0.251 e. The van der Waals surface area contributed by atoms with Gasteiger partial charge in [-0.1, -0.05) is 31.4 Å². The summed E-state index contributed by atoms with van der Waals surface area (Å²) in [4.78, 5) is 23.7. The molecule has 0 radical (unpaired) electrons. The molecule has 2 amide bonds. The van der Waals surface area contributed by atoms with Crippen LogP contribution in [0.5, 0.6) is 0 Å². The van der Waals surface area contributed by atoms with Crippen LogP contribution in [0.2, 0.25) is 5.02 Å². The number of nitrogens with two attached hydrogens (primary N) is 1. The van der Waals surface area contributed by atoms with Gasteiger partial charge in [0, 0.05) is 36.1 Å². The number of rotatable bonds is 10. The first-order valence-electron chi connectivity index (χ1n) is 8.10. The number of nitrogens with one attached hydrogen (secondary N) is 2. The van der Waals surface area contributed by atoms with Crippen LogP contribution in [0.1, 0.15) is 49.4 Å². The highest BCUT2D eigenvalue weighted by Gasteiger charge is 2.10. The van der Waals surface area contributed by atoms with Crippen LogP contribution in [0.25, 0.3) is 0 Å². The van der Waals surface area contributed by atoms with E-state index in [4.69, 9.17) is 17.3 Å². The molecule has 6 heteroatoms. The molecular weight excluding hydrogens is 314 g/mol. The summed E-state index contributed by atoms with van der Waals surface area (Å²) < 4.78 is 0. The van der Waals surface area contributed by atoms with Gasteiger partial charge in [0.2, 0.25) is 5.91 Å². The van der Waals surface area contributed by atoms with Gasteiger partial charge in [-0.15, -0.1) is 0 Å². The van der Waals surface area contributed by atoms with Crippen molar-refractivity contribution in [1.29, 1.82) is 0 Å². The molecule has 5 nitrogen and oxygen atoms in total. The van der Waals surface area contributed by atoms with Crippen LogP contribution in [0.3, 0.4) is 0 Å². The van der Waals surface area contributed by atoms with Gasteiger partial charge in [-0.3, -0.25) is 9.59 Å². The zero-order valence-corrected chi connectivity index (χ0v) is 14.4. The Morgan fingerprint density at radius 2 is 1.91 bits per heavy atom. The summed E-state index contributed by atoms with van der Waals surface area (Å²) in [6.07, 6.45) is 4.02. The molecule has 23 heavy (non-hydrogen) atoms. The summed E-state index contributed by atoms with van der Waals surface area (Å²) in [5, 5.41) is 6.32. The van der Waals surface area contributed by atoms with Crippen molar-refractivity contribution < 1.29 is 9.59 Å². The van der Waals surface area contributed by atoms with Crippen molar-refractivity contribution in [1.82, 2.24) is 10.6 Å². The summed E-state index contributed by atoms with van der Waals surface area (Å²) in [7, 11) is 0. The van der Waals surface area contributed by atoms with E-state index in [9.17, 15) is 9.59 Å². The Bertz CT molecular complexity index is 491. The maximum Gasteiger partial charge on any atom is 0.251 e. The zero-order chi connectivity index (χ0) is 17.1. The molecule has 4 N–H and O–H groups in total. The quantitative estimate of drug-likeness (QED) is 0.572. The molecule has 0 aliphatic rings. The fraction of sp³-hybridized carbons (Fsp3) is 0.529. The SMILES string of the molecule is CCCCC(CN)NC(=O)CCCNC(=O)c1ccc(Cl)cc1. The lowest BCUT2D eigenvalue weighted by molar-refractivity contribution is -0.121. The topological polar surface area (TPSA) is 84.2 Å². The van der Waals surface area contributed by atoms with Crippen molar-refractivity contribution in [2.45, 2.75) is 45.1 Å². The number of benzene rings is 1. The van der Waals surface area contributed by atoms with E-state index in [1.54, 1.807) is 24.3 Å². The van der Waals surface area contributed by atoms with E-state index in [-0.39, 0.29) is 17.9 Å². The second-order valence-corrected chi connectivity index (χ2v) is 5.95. The molecule has 1 rings (SSSR count). The van der Waals surface area contributed by atoms with E-state index < -0.39 is 0 Å². The lowest BCUT2D eigenvalue weighted by atomic mass is 10.1. The summed E-state index contributed by atoms with van der Waals surface area (Å²) in [6.45, 7) is 3.02. The van der Waals surface area contributed by atoms with Gasteiger partial charge in [0.05, 0.1) is 0 Å². The van der Waals surface area contributed by atoms with E-state index >= 15 is 0 Å². The Kier molecular flexibility index (Phi) is 9.33. The fourth-order valence-corrected chi connectivity index (χ4v) is 2.28. The van der Waals surface area contributed by atoms with Crippen molar-refractivity contribution >= 4 is 23.4 Å².